The van der Waals surface area contributed by atoms with Gasteiger partial charge in [0.25, 0.3) is 5.91 Å². The Hall–Kier alpha value is -1.55. The van der Waals surface area contributed by atoms with Gasteiger partial charge in [-0.1, -0.05) is 11.6 Å². The Morgan fingerprint density at radius 1 is 1.56 bits per heavy atom. The summed E-state index contributed by atoms with van der Waals surface area (Å²) in [5.74, 6) is -0.0924. The van der Waals surface area contributed by atoms with Gasteiger partial charge in [-0.2, -0.15) is 0 Å². The fraction of sp³-hybridized carbons (Fsp3) is 0.417. The zero-order valence-electron chi connectivity index (χ0n) is 9.31. The van der Waals surface area contributed by atoms with Crippen LogP contribution in [0, 0.1) is 6.92 Å². The minimum Gasteiger partial charge on any atom is -0.507 e. The second-order valence-corrected chi connectivity index (χ2v) is 4.32. The van der Waals surface area contributed by atoms with E-state index in [9.17, 15) is 9.90 Å². The minimum absolute atomic E-state index is 0.0380. The maximum absolute atomic E-state index is 12.1. The maximum atomic E-state index is 12.1. The van der Waals surface area contributed by atoms with Crippen LogP contribution in [-0.2, 0) is 0 Å². The van der Waals surface area contributed by atoms with E-state index < -0.39 is 0 Å². The van der Waals surface area contributed by atoms with Crippen molar-refractivity contribution in [2.45, 2.75) is 19.4 Å². The molecule has 2 rings (SSSR count). The molecule has 1 heterocycles. The van der Waals surface area contributed by atoms with Crippen molar-refractivity contribution >= 4 is 5.91 Å². The summed E-state index contributed by atoms with van der Waals surface area (Å²) in [7, 11) is 0. The molecule has 1 aliphatic rings. The molecule has 1 fully saturated rings. The Labute approximate surface area is 94.7 Å². The lowest BCUT2D eigenvalue weighted by atomic mass is 10.1. The van der Waals surface area contributed by atoms with Gasteiger partial charge in [0.15, 0.2) is 0 Å². The summed E-state index contributed by atoms with van der Waals surface area (Å²) in [5.41, 5.74) is 7.08. The molecule has 1 aliphatic heterocycles. The predicted octanol–water partition coefficient (Wildman–Crippen LogP) is 0.874. The predicted molar refractivity (Wildman–Crippen MR) is 61.3 cm³/mol. The van der Waals surface area contributed by atoms with Crippen molar-refractivity contribution in [1.29, 1.82) is 0 Å². The van der Waals surface area contributed by atoms with Crippen LogP contribution in [0.2, 0.25) is 0 Å². The average Bonchev–Trinajstić information content (AvgIpc) is 2.67. The molecule has 1 saturated heterocycles. The van der Waals surface area contributed by atoms with Gasteiger partial charge in [0.2, 0.25) is 0 Å². The number of aromatic hydroxyl groups is 1. The number of likely N-dealkylation sites (tertiary alicyclic amines) is 1. The summed E-state index contributed by atoms with van der Waals surface area (Å²) >= 11 is 0. The first-order valence-electron chi connectivity index (χ1n) is 5.42. The molecule has 0 saturated carbocycles. The molecule has 3 N–H and O–H groups in total. The second-order valence-electron chi connectivity index (χ2n) is 4.32. The van der Waals surface area contributed by atoms with E-state index in [1.165, 1.54) is 0 Å². The van der Waals surface area contributed by atoms with Crippen LogP contribution >= 0.6 is 0 Å². The van der Waals surface area contributed by atoms with Gasteiger partial charge in [0.05, 0.1) is 5.56 Å². The fourth-order valence-corrected chi connectivity index (χ4v) is 1.96. The van der Waals surface area contributed by atoms with Gasteiger partial charge in [-0.15, -0.1) is 0 Å². The number of rotatable bonds is 1. The van der Waals surface area contributed by atoms with Crippen LogP contribution in [-0.4, -0.2) is 35.0 Å². The van der Waals surface area contributed by atoms with Crippen molar-refractivity contribution in [3.8, 4) is 5.75 Å². The Morgan fingerprint density at radius 3 is 2.94 bits per heavy atom. The van der Waals surface area contributed by atoms with Crippen molar-refractivity contribution in [2.75, 3.05) is 13.1 Å². The van der Waals surface area contributed by atoms with E-state index in [1.807, 2.05) is 6.92 Å². The summed E-state index contributed by atoms with van der Waals surface area (Å²) in [6, 6.07) is 5.11. The molecule has 16 heavy (non-hydrogen) atoms. The van der Waals surface area contributed by atoms with Crippen LogP contribution in [0.25, 0.3) is 0 Å². The molecular weight excluding hydrogens is 204 g/mol. The Kier molecular flexibility index (Phi) is 2.83. The Balaban J connectivity index is 2.23. The highest BCUT2D eigenvalue weighted by molar-refractivity contribution is 5.97. The van der Waals surface area contributed by atoms with E-state index in [2.05, 4.69) is 0 Å². The standard InChI is InChI=1S/C12H16N2O2/c1-8-2-3-11(15)10(6-8)12(16)14-5-4-9(13)7-14/h2-3,6,9,15H,4-5,7,13H2,1H3. The van der Waals surface area contributed by atoms with E-state index >= 15 is 0 Å². The van der Waals surface area contributed by atoms with Crippen LogP contribution in [0.3, 0.4) is 0 Å². The number of carbonyl (C=O) groups is 1. The number of amides is 1. The van der Waals surface area contributed by atoms with Crippen LogP contribution in [0.5, 0.6) is 5.75 Å². The smallest absolute Gasteiger partial charge is 0.257 e. The molecule has 86 valence electrons. The molecule has 4 heteroatoms. The highest BCUT2D eigenvalue weighted by atomic mass is 16.3. The molecule has 0 bridgehead atoms. The van der Waals surface area contributed by atoms with E-state index in [-0.39, 0.29) is 17.7 Å². The first kappa shape index (κ1) is 11.0. The molecule has 4 nitrogen and oxygen atoms in total. The number of carbonyl (C=O) groups excluding carboxylic acids is 1. The third-order valence-corrected chi connectivity index (χ3v) is 2.89. The molecule has 1 aromatic carbocycles. The maximum Gasteiger partial charge on any atom is 0.257 e. The zero-order valence-corrected chi connectivity index (χ0v) is 9.31. The third kappa shape index (κ3) is 2.02. The summed E-state index contributed by atoms with van der Waals surface area (Å²) in [6.45, 7) is 3.14. The first-order chi connectivity index (χ1) is 7.58. The first-order valence-corrected chi connectivity index (χ1v) is 5.42. The molecule has 1 amide bonds. The van der Waals surface area contributed by atoms with Gasteiger partial charge < -0.3 is 15.7 Å². The topological polar surface area (TPSA) is 66.6 Å². The molecule has 0 aromatic heterocycles. The largest absolute Gasteiger partial charge is 0.507 e. The van der Waals surface area contributed by atoms with Gasteiger partial charge in [0, 0.05) is 19.1 Å². The number of aryl methyl sites for hydroxylation is 1. The number of benzene rings is 1. The SMILES string of the molecule is Cc1ccc(O)c(C(=O)N2CCC(N)C2)c1. The number of nitrogens with zero attached hydrogens (tertiary/aromatic N) is 1. The van der Waals surface area contributed by atoms with Crippen molar-refractivity contribution in [3.05, 3.63) is 29.3 Å². The van der Waals surface area contributed by atoms with E-state index in [0.717, 1.165) is 12.0 Å². The van der Waals surface area contributed by atoms with Crippen LogP contribution in [0.1, 0.15) is 22.3 Å². The van der Waals surface area contributed by atoms with Crippen LogP contribution < -0.4 is 5.73 Å². The van der Waals surface area contributed by atoms with Gasteiger partial charge >= 0.3 is 0 Å². The van der Waals surface area contributed by atoms with E-state index in [4.69, 9.17) is 5.73 Å². The van der Waals surface area contributed by atoms with Crippen LogP contribution in [0.15, 0.2) is 18.2 Å². The van der Waals surface area contributed by atoms with Gasteiger partial charge in [0.1, 0.15) is 5.75 Å². The van der Waals surface area contributed by atoms with Crippen LogP contribution in [0.4, 0.5) is 0 Å². The summed E-state index contributed by atoms with van der Waals surface area (Å²) in [5, 5.41) is 9.65. The number of hydrogen-bond donors (Lipinski definition) is 2. The van der Waals surface area contributed by atoms with E-state index in [1.54, 1.807) is 23.1 Å². The highest BCUT2D eigenvalue weighted by Crippen LogP contribution is 2.21. The molecule has 0 spiro atoms. The quantitative estimate of drug-likeness (QED) is 0.738. The van der Waals surface area contributed by atoms with Crippen molar-refractivity contribution in [1.82, 2.24) is 4.90 Å². The molecule has 1 unspecified atom stereocenters. The fourth-order valence-electron chi connectivity index (χ4n) is 1.96. The van der Waals surface area contributed by atoms with Gasteiger partial charge in [-0.3, -0.25) is 4.79 Å². The summed E-state index contributed by atoms with van der Waals surface area (Å²) in [4.78, 5) is 13.8. The van der Waals surface area contributed by atoms with Crippen molar-refractivity contribution in [2.24, 2.45) is 5.73 Å². The Bertz CT molecular complexity index is 417. The molecule has 0 radical (unpaired) electrons. The van der Waals surface area contributed by atoms with E-state index in [0.29, 0.717) is 18.7 Å². The normalized spacial score (nSPS) is 20.1. The van der Waals surface area contributed by atoms with Crippen molar-refractivity contribution < 1.29 is 9.90 Å². The third-order valence-electron chi connectivity index (χ3n) is 2.89. The number of phenolic OH excluding ortho intramolecular Hbond substituents is 1. The zero-order chi connectivity index (χ0) is 11.7. The summed E-state index contributed by atoms with van der Waals surface area (Å²) in [6.07, 6.45) is 0.832. The minimum atomic E-state index is -0.130. The molecular formula is C12H16N2O2. The molecule has 0 aliphatic carbocycles. The number of phenols is 1. The monoisotopic (exact) mass is 220 g/mol. The summed E-state index contributed by atoms with van der Waals surface area (Å²) < 4.78 is 0. The lowest BCUT2D eigenvalue weighted by molar-refractivity contribution is 0.0788. The molecule has 1 aromatic rings. The molecule has 1 atom stereocenters. The second kappa shape index (κ2) is 4.14. The van der Waals surface area contributed by atoms with Gasteiger partial charge in [-0.05, 0) is 25.5 Å². The lowest BCUT2D eigenvalue weighted by Crippen LogP contribution is -2.31. The highest BCUT2D eigenvalue weighted by Gasteiger charge is 2.25. The van der Waals surface area contributed by atoms with Gasteiger partial charge in [-0.25, -0.2) is 0 Å². The average molecular weight is 220 g/mol. The number of nitrogens with two attached hydrogens (primary N) is 1. The Morgan fingerprint density at radius 2 is 2.31 bits per heavy atom. The van der Waals surface area contributed by atoms with Crippen molar-refractivity contribution in [3.63, 3.8) is 0 Å². The number of hydrogen-bond acceptors (Lipinski definition) is 3. The lowest BCUT2D eigenvalue weighted by Gasteiger charge is -2.16.